The maximum atomic E-state index is 12.0. The lowest BCUT2D eigenvalue weighted by Gasteiger charge is -2.28. The number of nitrogens with one attached hydrogen (secondary N) is 1. The fourth-order valence-electron chi connectivity index (χ4n) is 3.71. The van der Waals surface area contributed by atoms with E-state index in [0.29, 0.717) is 17.9 Å². The van der Waals surface area contributed by atoms with Crippen LogP contribution in [-0.4, -0.2) is 37.0 Å². The minimum Gasteiger partial charge on any atom is -0.341 e. The minimum absolute atomic E-state index is 0.381. The van der Waals surface area contributed by atoms with Crippen LogP contribution in [0.15, 0.2) is 0 Å². The van der Waals surface area contributed by atoms with E-state index in [1.165, 1.54) is 38.5 Å². The van der Waals surface area contributed by atoms with Crippen molar-refractivity contribution in [2.24, 2.45) is 11.8 Å². The maximum Gasteiger partial charge on any atom is 0.222 e. The van der Waals surface area contributed by atoms with E-state index in [1.807, 2.05) is 7.05 Å². The molecule has 1 saturated heterocycles. The first-order chi connectivity index (χ1) is 8.74. The number of nitrogens with zero attached hydrogens (tertiary/aromatic N) is 1. The molecule has 0 aromatic heterocycles. The summed E-state index contributed by atoms with van der Waals surface area (Å²) in [6, 6.07) is 0.511. The zero-order chi connectivity index (χ0) is 13.0. The fourth-order valence-corrected chi connectivity index (χ4v) is 3.71. The number of hydrogen-bond acceptors (Lipinski definition) is 2. The smallest absolute Gasteiger partial charge is 0.222 e. The van der Waals surface area contributed by atoms with Crippen LogP contribution in [-0.2, 0) is 4.79 Å². The molecule has 1 saturated carbocycles. The Labute approximate surface area is 111 Å². The SMILES string of the molecule is CCCC1CC(=O)N(CC(NC)C2CCCC2)C1. The van der Waals surface area contributed by atoms with Gasteiger partial charge in [0.15, 0.2) is 0 Å². The molecule has 2 unspecified atom stereocenters. The highest BCUT2D eigenvalue weighted by atomic mass is 16.2. The van der Waals surface area contributed by atoms with E-state index in [9.17, 15) is 4.79 Å². The molecule has 2 aliphatic rings. The molecule has 18 heavy (non-hydrogen) atoms. The molecule has 3 nitrogen and oxygen atoms in total. The average Bonchev–Trinajstić information content (AvgIpc) is 2.97. The Morgan fingerprint density at radius 2 is 2.11 bits per heavy atom. The number of carbonyl (C=O) groups excluding carboxylic acids is 1. The van der Waals surface area contributed by atoms with E-state index >= 15 is 0 Å². The third-order valence-electron chi connectivity index (χ3n) is 4.75. The van der Waals surface area contributed by atoms with Gasteiger partial charge in [-0.2, -0.15) is 0 Å². The number of amides is 1. The Morgan fingerprint density at radius 3 is 2.72 bits per heavy atom. The van der Waals surface area contributed by atoms with E-state index in [-0.39, 0.29) is 0 Å². The second kappa shape index (κ2) is 6.55. The molecule has 0 radical (unpaired) electrons. The molecule has 1 N–H and O–H groups in total. The molecule has 1 heterocycles. The molecule has 2 rings (SSSR count). The quantitative estimate of drug-likeness (QED) is 0.787. The van der Waals surface area contributed by atoms with Gasteiger partial charge in [-0.3, -0.25) is 4.79 Å². The Morgan fingerprint density at radius 1 is 1.39 bits per heavy atom. The second-order valence-electron chi connectivity index (χ2n) is 6.10. The van der Waals surface area contributed by atoms with E-state index in [1.54, 1.807) is 0 Å². The zero-order valence-electron chi connectivity index (χ0n) is 12.0. The number of rotatable bonds is 6. The monoisotopic (exact) mass is 252 g/mol. The van der Waals surface area contributed by atoms with Gasteiger partial charge in [0.2, 0.25) is 5.91 Å². The van der Waals surface area contributed by atoms with Crippen molar-refractivity contribution in [3.05, 3.63) is 0 Å². The minimum atomic E-state index is 0.381. The highest BCUT2D eigenvalue weighted by Crippen LogP contribution is 2.29. The van der Waals surface area contributed by atoms with E-state index in [0.717, 1.165) is 25.4 Å². The highest BCUT2D eigenvalue weighted by molar-refractivity contribution is 5.78. The molecule has 2 fully saturated rings. The van der Waals surface area contributed by atoms with Gasteiger partial charge in [0.05, 0.1) is 0 Å². The maximum absolute atomic E-state index is 12.0. The van der Waals surface area contributed by atoms with Gasteiger partial charge in [0, 0.05) is 25.6 Å². The first kappa shape index (κ1) is 13.9. The zero-order valence-corrected chi connectivity index (χ0v) is 12.0. The molecule has 0 aromatic carbocycles. The van der Waals surface area contributed by atoms with Crippen LogP contribution in [0.2, 0.25) is 0 Å². The van der Waals surface area contributed by atoms with Crippen LogP contribution in [0.5, 0.6) is 0 Å². The summed E-state index contributed by atoms with van der Waals surface area (Å²) in [6.07, 6.45) is 8.61. The van der Waals surface area contributed by atoms with Gasteiger partial charge in [-0.05, 0) is 38.1 Å². The molecular weight excluding hydrogens is 224 g/mol. The molecular formula is C15H28N2O. The summed E-state index contributed by atoms with van der Waals surface area (Å²) in [6.45, 7) is 4.14. The van der Waals surface area contributed by atoms with E-state index < -0.39 is 0 Å². The van der Waals surface area contributed by atoms with Crippen LogP contribution in [0, 0.1) is 11.8 Å². The van der Waals surface area contributed by atoms with Gasteiger partial charge in [0.1, 0.15) is 0 Å². The standard InChI is InChI=1S/C15H28N2O/c1-3-6-12-9-15(18)17(10-12)11-14(16-2)13-7-4-5-8-13/h12-14,16H,3-11H2,1-2H3. The van der Waals surface area contributed by atoms with Crippen molar-refractivity contribution in [1.82, 2.24) is 10.2 Å². The van der Waals surface area contributed by atoms with Crippen molar-refractivity contribution in [2.75, 3.05) is 20.1 Å². The summed E-state index contributed by atoms with van der Waals surface area (Å²) in [4.78, 5) is 14.1. The molecule has 1 aliphatic carbocycles. The molecule has 2 atom stereocenters. The Balaban J connectivity index is 1.85. The average molecular weight is 252 g/mol. The van der Waals surface area contributed by atoms with Crippen molar-refractivity contribution in [2.45, 2.75) is 57.9 Å². The van der Waals surface area contributed by atoms with Gasteiger partial charge >= 0.3 is 0 Å². The van der Waals surface area contributed by atoms with Crippen LogP contribution < -0.4 is 5.32 Å². The van der Waals surface area contributed by atoms with Crippen LogP contribution >= 0.6 is 0 Å². The molecule has 0 bridgehead atoms. The van der Waals surface area contributed by atoms with Crippen molar-refractivity contribution in [3.8, 4) is 0 Å². The summed E-state index contributed by atoms with van der Waals surface area (Å²) in [5.74, 6) is 1.78. The number of hydrogen-bond donors (Lipinski definition) is 1. The second-order valence-corrected chi connectivity index (χ2v) is 6.10. The normalized spacial score (nSPS) is 27.1. The van der Waals surface area contributed by atoms with Crippen molar-refractivity contribution in [3.63, 3.8) is 0 Å². The number of likely N-dealkylation sites (N-methyl/N-ethyl adjacent to an activating group) is 1. The summed E-state index contributed by atoms with van der Waals surface area (Å²) in [7, 11) is 2.05. The van der Waals surface area contributed by atoms with Gasteiger partial charge in [-0.15, -0.1) is 0 Å². The predicted octanol–water partition coefficient (Wildman–Crippen LogP) is 2.41. The lowest BCUT2D eigenvalue weighted by atomic mass is 9.98. The summed E-state index contributed by atoms with van der Waals surface area (Å²) in [5, 5.41) is 3.44. The topological polar surface area (TPSA) is 32.3 Å². The molecule has 0 aromatic rings. The summed E-state index contributed by atoms with van der Waals surface area (Å²) < 4.78 is 0. The van der Waals surface area contributed by atoms with Gasteiger partial charge in [0.25, 0.3) is 0 Å². The van der Waals surface area contributed by atoms with Gasteiger partial charge in [-0.25, -0.2) is 0 Å². The van der Waals surface area contributed by atoms with E-state index in [2.05, 4.69) is 17.1 Å². The third kappa shape index (κ3) is 3.25. The lowest BCUT2D eigenvalue weighted by molar-refractivity contribution is -0.128. The fraction of sp³-hybridized carbons (Fsp3) is 0.933. The number of likely N-dealkylation sites (tertiary alicyclic amines) is 1. The largest absolute Gasteiger partial charge is 0.341 e. The third-order valence-corrected chi connectivity index (χ3v) is 4.75. The molecule has 1 amide bonds. The van der Waals surface area contributed by atoms with E-state index in [4.69, 9.17) is 0 Å². The van der Waals surface area contributed by atoms with Crippen LogP contribution in [0.25, 0.3) is 0 Å². The van der Waals surface area contributed by atoms with Crippen LogP contribution in [0.4, 0.5) is 0 Å². The molecule has 1 aliphatic heterocycles. The van der Waals surface area contributed by atoms with Crippen molar-refractivity contribution >= 4 is 5.91 Å². The Kier molecular flexibility index (Phi) is 5.04. The van der Waals surface area contributed by atoms with Gasteiger partial charge < -0.3 is 10.2 Å². The van der Waals surface area contributed by atoms with Crippen LogP contribution in [0.1, 0.15) is 51.9 Å². The first-order valence-electron chi connectivity index (χ1n) is 7.69. The highest BCUT2D eigenvalue weighted by Gasteiger charge is 2.32. The molecule has 0 spiro atoms. The molecule has 104 valence electrons. The molecule has 3 heteroatoms. The van der Waals surface area contributed by atoms with Crippen LogP contribution in [0.3, 0.4) is 0 Å². The van der Waals surface area contributed by atoms with Gasteiger partial charge in [-0.1, -0.05) is 26.2 Å². The Bertz CT molecular complexity index is 274. The Hall–Kier alpha value is -0.570. The summed E-state index contributed by atoms with van der Waals surface area (Å²) in [5.41, 5.74) is 0. The first-order valence-corrected chi connectivity index (χ1v) is 7.69. The lowest BCUT2D eigenvalue weighted by Crippen LogP contribution is -2.44. The van der Waals surface area contributed by atoms with Crippen molar-refractivity contribution < 1.29 is 4.79 Å². The van der Waals surface area contributed by atoms with Crippen molar-refractivity contribution in [1.29, 1.82) is 0 Å². The predicted molar refractivity (Wildman–Crippen MR) is 74.4 cm³/mol. The summed E-state index contributed by atoms with van der Waals surface area (Å²) >= 11 is 0. The number of carbonyl (C=O) groups is 1.